The summed E-state index contributed by atoms with van der Waals surface area (Å²) in [6, 6.07) is 62.0. The van der Waals surface area contributed by atoms with E-state index in [1.807, 2.05) is 0 Å². The molecule has 2 aliphatic rings. The number of benzene rings is 8. The van der Waals surface area contributed by atoms with Gasteiger partial charge in [-0.25, -0.2) is 4.98 Å². The van der Waals surface area contributed by atoms with Crippen LogP contribution in [-0.2, 0) is 0 Å². The molecule has 0 spiro atoms. The van der Waals surface area contributed by atoms with E-state index in [4.69, 9.17) is 4.98 Å². The number of anilines is 3. The summed E-state index contributed by atoms with van der Waals surface area (Å²) in [4.78, 5) is 8.04. The van der Waals surface area contributed by atoms with Crippen molar-refractivity contribution in [3.63, 3.8) is 0 Å². The zero-order valence-electron chi connectivity index (χ0n) is 29.0. The van der Waals surface area contributed by atoms with Crippen LogP contribution in [0.15, 0.2) is 170 Å². The van der Waals surface area contributed by atoms with Crippen molar-refractivity contribution in [3.8, 4) is 27.9 Å². The maximum Gasteiger partial charge on any atom is 0.252 e. The molecule has 0 N–H and O–H groups in total. The van der Waals surface area contributed by atoms with E-state index in [-0.39, 0.29) is 6.71 Å². The van der Waals surface area contributed by atoms with Crippen LogP contribution in [0.5, 0.6) is 0 Å². The smallest absolute Gasteiger partial charge is 0.252 e. The molecule has 2 aliphatic heterocycles. The lowest BCUT2D eigenvalue weighted by atomic mass is 9.34. The summed E-state index contributed by atoms with van der Waals surface area (Å²) in [5, 5.41) is 2.49. The lowest BCUT2D eigenvalue weighted by Crippen LogP contribution is -2.59. The summed E-state index contributed by atoms with van der Waals surface area (Å²) in [5.74, 6) is 0.928. The lowest BCUT2D eigenvalue weighted by molar-refractivity contribution is 1.06. The second-order valence-corrected chi connectivity index (χ2v) is 14.4. The number of fused-ring (bicyclic) bond motifs is 3. The van der Waals surface area contributed by atoms with Gasteiger partial charge in [0, 0.05) is 22.4 Å². The van der Waals surface area contributed by atoms with E-state index in [0.29, 0.717) is 0 Å². The van der Waals surface area contributed by atoms with Crippen molar-refractivity contribution < 1.29 is 0 Å². The van der Waals surface area contributed by atoms with E-state index in [1.165, 1.54) is 82.9 Å². The molecule has 0 amide bonds. The first kappa shape index (κ1) is 28.8. The van der Waals surface area contributed by atoms with Gasteiger partial charge in [-0.3, -0.25) is 8.97 Å². The van der Waals surface area contributed by atoms with Gasteiger partial charge in [-0.05, 0) is 105 Å². The molecule has 246 valence electrons. The van der Waals surface area contributed by atoms with Crippen molar-refractivity contribution in [1.29, 1.82) is 0 Å². The average Bonchev–Trinajstić information content (AvgIpc) is 3.62. The summed E-state index contributed by atoms with van der Waals surface area (Å²) in [7, 11) is 0. The third-order valence-electron chi connectivity index (χ3n) is 11.5. The van der Waals surface area contributed by atoms with Crippen LogP contribution in [-0.4, -0.2) is 20.7 Å². The standard InChI is InChI=1S/C48H31BN4/c1-30-24-25-33-29-42-44-47-43(33)45(30)52(37-27-34(31-14-5-2-6-15-31)26-35(28-37)32-16-7-3-8-17-32)48-50-40-22-13-21-39(46(40)53(47)48)49(44)38-20-11-12-23-41(38)51(42)36-18-9-4-10-19-36/h2-29H,1H3. The largest absolute Gasteiger partial charge is 0.311 e. The summed E-state index contributed by atoms with van der Waals surface area (Å²) < 4.78 is 4.93. The van der Waals surface area contributed by atoms with Gasteiger partial charge in [0.05, 0.1) is 27.8 Å². The second-order valence-electron chi connectivity index (χ2n) is 14.4. The molecular weight excluding hydrogens is 643 g/mol. The molecule has 10 aromatic rings. The van der Waals surface area contributed by atoms with Crippen molar-refractivity contribution in [2.75, 3.05) is 4.90 Å². The Morgan fingerprint density at radius 1 is 0.491 bits per heavy atom. The fraction of sp³-hybridized carbons (Fsp3) is 0.0208. The van der Waals surface area contributed by atoms with E-state index < -0.39 is 0 Å². The van der Waals surface area contributed by atoms with E-state index in [1.54, 1.807) is 0 Å². The number of imidazole rings is 1. The van der Waals surface area contributed by atoms with Gasteiger partial charge in [0.25, 0.3) is 6.71 Å². The highest BCUT2D eigenvalue weighted by Gasteiger charge is 2.42. The highest BCUT2D eigenvalue weighted by Crippen LogP contribution is 2.44. The van der Waals surface area contributed by atoms with Gasteiger partial charge < -0.3 is 4.90 Å². The Bertz CT molecular complexity index is 3070. The van der Waals surface area contributed by atoms with E-state index in [9.17, 15) is 0 Å². The summed E-state index contributed by atoms with van der Waals surface area (Å²) in [5.41, 5.74) is 19.3. The average molecular weight is 675 g/mol. The van der Waals surface area contributed by atoms with Crippen molar-refractivity contribution in [3.05, 3.63) is 175 Å². The van der Waals surface area contributed by atoms with Gasteiger partial charge in [0.1, 0.15) is 0 Å². The van der Waals surface area contributed by atoms with E-state index >= 15 is 0 Å². The van der Waals surface area contributed by atoms with Crippen molar-refractivity contribution in [2.45, 2.75) is 6.92 Å². The molecule has 0 saturated heterocycles. The van der Waals surface area contributed by atoms with Gasteiger partial charge in [0.15, 0.2) is 0 Å². The predicted molar refractivity (Wildman–Crippen MR) is 222 cm³/mol. The Hall–Kier alpha value is -6.85. The number of aromatic nitrogens is 3. The molecule has 0 radical (unpaired) electrons. The van der Waals surface area contributed by atoms with Gasteiger partial charge >= 0.3 is 0 Å². The minimum Gasteiger partial charge on any atom is -0.311 e. The van der Waals surface area contributed by atoms with Crippen LogP contribution < -0.4 is 21.3 Å². The Morgan fingerprint density at radius 3 is 1.89 bits per heavy atom. The number of aryl methyl sites for hydroxylation is 1. The van der Waals surface area contributed by atoms with Crippen LogP contribution in [0.4, 0.5) is 17.1 Å². The molecule has 8 aromatic carbocycles. The summed E-state index contributed by atoms with van der Waals surface area (Å²) >= 11 is 0. The molecule has 12 rings (SSSR count). The maximum absolute atomic E-state index is 5.56. The van der Waals surface area contributed by atoms with Crippen LogP contribution in [0.3, 0.4) is 0 Å². The number of nitrogens with zero attached hydrogens (tertiary/aromatic N) is 4. The normalized spacial score (nSPS) is 12.9. The molecule has 0 bridgehead atoms. The molecule has 4 nitrogen and oxygen atoms in total. The van der Waals surface area contributed by atoms with Crippen molar-refractivity contribution in [2.24, 2.45) is 0 Å². The minimum atomic E-state index is 0.0762. The molecule has 4 heterocycles. The molecular formula is C48H31BN4. The molecule has 0 saturated carbocycles. The van der Waals surface area contributed by atoms with Crippen molar-refractivity contribution >= 4 is 78.8 Å². The Kier molecular flexibility index (Phi) is 5.76. The highest BCUT2D eigenvalue weighted by atomic mass is 15.2. The van der Waals surface area contributed by atoms with Crippen LogP contribution in [0.25, 0.3) is 66.6 Å². The first-order valence-electron chi connectivity index (χ1n) is 18.3. The summed E-state index contributed by atoms with van der Waals surface area (Å²) in [6.45, 7) is 2.33. The fourth-order valence-corrected chi connectivity index (χ4v) is 9.36. The monoisotopic (exact) mass is 674 g/mol. The predicted octanol–water partition coefficient (Wildman–Crippen LogP) is 9.84. The van der Waals surface area contributed by atoms with Gasteiger partial charge in [-0.15, -0.1) is 0 Å². The molecule has 0 fully saturated rings. The maximum atomic E-state index is 5.56. The van der Waals surface area contributed by atoms with Crippen LogP contribution in [0, 0.1) is 6.92 Å². The Morgan fingerprint density at radius 2 is 1.15 bits per heavy atom. The zero-order valence-corrected chi connectivity index (χ0v) is 29.0. The molecule has 53 heavy (non-hydrogen) atoms. The van der Waals surface area contributed by atoms with E-state index in [2.05, 4.69) is 191 Å². The van der Waals surface area contributed by atoms with Crippen LogP contribution >= 0.6 is 0 Å². The third kappa shape index (κ3) is 3.88. The SMILES string of the molecule is Cc1ccc2cc3c4c5c2c1n(-c1cc(-c2ccccc2)cc(-c2ccccc2)c1)c1nc2cccc(c2n51)B4c1ccccc1N3c1ccccc1. The van der Waals surface area contributed by atoms with Crippen LogP contribution in [0.2, 0.25) is 0 Å². The lowest BCUT2D eigenvalue weighted by Gasteiger charge is -2.39. The number of rotatable bonds is 4. The van der Waals surface area contributed by atoms with Gasteiger partial charge in [0.2, 0.25) is 5.78 Å². The highest BCUT2D eigenvalue weighted by molar-refractivity contribution is 7.01. The van der Waals surface area contributed by atoms with Gasteiger partial charge in [-0.2, -0.15) is 0 Å². The molecule has 0 aliphatic carbocycles. The Labute approximate surface area is 306 Å². The quantitative estimate of drug-likeness (QED) is 0.174. The second kappa shape index (κ2) is 10.6. The topological polar surface area (TPSA) is 25.5 Å². The first-order valence-corrected chi connectivity index (χ1v) is 18.3. The van der Waals surface area contributed by atoms with Crippen LogP contribution in [0.1, 0.15) is 5.56 Å². The summed E-state index contributed by atoms with van der Waals surface area (Å²) in [6.07, 6.45) is 0. The zero-order chi connectivity index (χ0) is 34.8. The third-order valence-corrected chi connectivity index (χ3v) is 11.5. The number of hydrogen-bond acceptors (Lipinski definition) is 2. The molecule has 0 atom stereocenters. The van der Waals surface area contributed by atoms with E-state index in [0.717, 1.165) is 22.7 Å². The number of para-hydroxylation sites is 3. The number of hydrogen-bond donors (Lipinski definition) is 0. The fourth-order valence-electron chi connectivity index (χ4n) is 9.36. The van der Waals surface area contributed by atoms with Crippen molar-refractivity contribution in [1.82, 2.24) is 14.0 Å². The Balaban J connectivity index is 1.27. The molecule has 0 unspecified atom stereocenters. The minimum absolute atomic E-state index is 0.0762. The molecule has 5 heteroatoms. The molecule has 2 aromatic heterocycles. The van der Waals surface area contributed by atoms with Gasteiger partial charge in [-0.1, -0.05) is 121 Å². The first-order chi connectivity index (χ1) is 26.2.